The third-order valence-corrected chi connectivity index (χ3v) is 5.30. The Kier molecular flexibility index (Phi) is 9.38. The molecule has 0 unspecified atom stereocenters. The summed E-state index contributed by atoms with van der Waals surface area (Å²) in [5, 5.41) is 18.1. The van der Waals surface area contributed by atoms with E-state index in [0.29, 0.717) is 11.1 Å². The SMILES string of the molecule is Cc1cc(-c2[c-]c(C#N)c(C#N)cc2)ncc1-c1ccccc1.[Ir].[c-]1ccccc1-c1ccccn1. The van der Waals surface area contributed by atoms with Crippen LogP contribution in [0.5, 0.6) is 0 Å². The molecule has 175 valence electrons. The maximum Gasteiger partial charge on any atom is 0.0584 e. The van der Waals surface area contributed by atoms with Crippen molar-refractivity contribution in [1.29, 1.82) is 10.5 Å². The summed E-state index contributed by atoms with van der Waals surface area (Å²) in [4.78, 5) is 8.71. The molecule has 5 aromatic rings. The minimum absolute atomic E-state index is 0. The largest absolute Gasteiger partial charge is 0.305 e. The standard InChI is InChI=1S/C20H12N3.C11H8N.Ir/c1-14-9-20(16-7-8-17(11-21)18(10-16)12-22)23-13-19(14)15-5-3-2-4-6-15;1-2-6-10(7-3-1)11-8-4-5-9-12-11;/h2-9,13H,1H3;1-6,8-9H;/q2*-1;. The van der Waals surface area contributed by atoms with Crippen LogP contribution in [0.25, 0.3) is 33.6 Å². The smallest absolute Gasteiger partial charge is 0.0584 e. The predicted molar refractivity (Wildman–Crippen MR) is 137 cm³/mol. The van der Waals surface area contributed by atoms with Gasteiger partial charge in [-0.1, -0.05) is 54.1 Å². The topological polar surface area (TPSA) is 73.4 Å². The molecular formula is C31H20IrN4-2. The zero-order valence-corrected chi connectivity index (χ0v) is 21.8. The van der Waals surface area contributed by atoms with Crippen LogP contribution in [0.4, 0.5) is 0 Å². The average Bonchev–Trinajstić information content (AvgIpc) is 2.94. The first-order valence-electron chi connectivity index (χ1n) is 11.0. The molecule has 0 N–H and O–H groups in total. The van der Waals surface area contributed by atoms with Gasteiger partial charge in [0, 0.05) is 43.8 Å². The van der Waals surface area contributed by atoms with Gasteiger partial charge in [-0.25, -0.2) is 10.5 Å². The van der Waals surface area contributed by atoms with Crippen molar-refractivity contribution in [1.82, 2.24) is 9.97 Å². The van der Waals surface area contributed by atoms with Crippen LogP contribution < -0.4 is 0 Å². The fraction of sp³-hybridized carbons (Fsp3) is 0.0323. The number of aromatic nitrogens is 2. The fourth-order valence-corrected chi connectivity index (χ4v) is 3.52. The molecule has 1 radical (unpaired) electrons. The summed E-state index contributed by atoms with van der Waals surface area (Å²) in [6, 6.07) is 39.2. The molecular weight excluding hydrogens is 621 g/mol. The van der Waals surface area contributed by atoms with Crippen molar-refractivity contribution in [2.75, 3.05) is 0 Å². The van der Waals surface area contributed by atoms with Crippen molar-refractivity contribution < 1.29 is 20.1 Å². The first kappa shape index (κ1) is 26.2. The molecule has 3 aromatic carbocycles. The fourth-order valence-electron chi connectivity index (χ4n) is 3.52. The zero-order valence-electron chi connectivity index (χ0n) is 19.4. The van der Waals surface area contributed by atoms with E-state index < -0.39 is 0 Å². The van der Waals surface area contributed by atoms with Crippen LogP contribution in [0.15, 0.2) is 103 Å². The van der Waals surface area contributed by atoms with Crippen molar-refractivity contribution in [2.45, 2.75) is 6.92 Å². The summed E-state index contributed by atoms with van der Waals surface area (Å²) in [6.07, 6.45) is 3.62. The Morgan fingerprint density at radius 1 is 0.750 bits per heavy atom. The van der Waals surface area contributed by atoms with Gasteiger partial charge in [-0.15, -0.1) is 54.1 Å². The monoisotopic (exact) mass is 641 g/mol. The first-order chi connectivity index (χ1) is 17.2. The molecule has 0 bridgehead atoms. The van der Waals surface area contributed by atoms with Crippen molar-refractivity contribution in [3.8, 4) is 45.8 Å². The van der Waals surface area contributed by atoms with Gasteiger partial charge in [0.15, 0.2) is 0 Å². The van der Waals surface area contributed by atoms with Gasteiger partial charge in [-0.3, -0.25) is 4.98 Å². The zero-order chi connectivity index (χ0) is 24.5. The molecule has 36 heavy (non-hydrogen) atoms. The van der Waals surface area contributed by atoms with E-state index in [0.717, 1.165) is 33.6 Å². The van der Waals surface area contributed by atoms with E-state index in [-0.39, 0.29) is 25.7 Å². The minimum atomic E-state index is 0. The van der Waals surface area contributed by atoms with Crippen LogP contribution in [-0.4, -0.2) is 9.97 Å². The molecule has 0 spiro atoms. The average molecular weight is 641 g/mol. The summed E-state index contributed by atoms with van der Waals surface area (Å²) < 4.78 is 0. The Morgan fingerprint density at radius 2 is 1.53 bits per heavy atom. The molecule has 0 saturated heterocycles. The molecule has 4 nitrogen and oxygen atoms in total. The molecule has 0 aliphatic heterocycles. The molecule has 0 saturated carbocycles. The van der Waals surface area contributed by atoms with Gasteiger partial charge < -0.3 is 4.98 Å². The maximum atomic E-state index is 9.12. The third-order valence-electron chi connectivity index (χ3n) is 5.30. The summed E-state index contributed by atoms with van der Waals surface area (Å²) >= 11 is 0. The molecule has 0 aliphatic carbocycles. The third kappa shape index (κ3) is 6.38. The van der Waals surface area contributed by atoms with Gasteiger partial charge >= 0.3 is 0 Å². The van der Waals surface area contributed by atoms with E-state index in [2.05, 4.69) is 22.1 Å². The van der Waals surface area contributed by atoms with Crippen molar-refractivity contribution in [2.24, 2.45) is 0 Å². The number of pyridine rings is 2. The van der Waals surface area contributed by atoms with Crippen molar-refractivity contribution in [3.63, 3.8) is 0 Å². The van der Waals surface area contributed by atoms with Crippen LogP contribution in [0.2, 0.25) is 0 Å². The van der Waals surface area contributed by atoms with E-state index in [4.69, 9.17) is 10.5 Å². The molecule has 0 atom stereocenters. The quantitative estimate of drug-likeness (QED) is 0.203. The Balaban J connectivity index is 0.000000234. The minimum Gasteiger partial charge on any atom is -0.305 e. The van der Waals surface area contributed by atoms with E-state index >= 15 is 0 Å². The number of aryl methyl sites for hydroxylation is 1. The number of benzene rings is 3. The van der Waals surface area contributed by atoms with E-state index in [1.54, 1.807) is 18.3 Å². The first-order valence-corrected chi connectivity index (χ1v) is 11.0. The maximum absolute atomic E-state index is 9.12. The van der Waals surface area contributed by atoms with E-state index in [9.17, 15) is 0 Å². The molecule has 0 fully saturated rings. The Hall–Kier alpha value is -4.41. The summed E-state index contributed by atoms with van der Waals surface area (Å²) in [7, 11) is 0. The molecule has 5 rings (SSSR count). The molecule has 0 aliphatic rings. The van der Waals surface area contributed by atoms with Crippen LogP contribution in [0.1, 0.15) is 16.7 Å². The van der Waals surface area contributed by atoms with Gasteiger partial charge in [-0.05, 0) is 47.0 Å². The van der Waals surface area contributed by atoms with Gasteiger partial charge in [-0.2, -0.15) is 0 Å². The van der Waals surface area contributed by atoms with E-state index in [1.165, 1.54) is 0 Å². The van der Waals surface area contributed by atoms with Crippen molar-refractivity contribution >= 4 is 0 Å². The molecule has 5 heteroatoms. The Labute approximate surface area is 224 Å². The second kappa shape index (κ2) is 12.9. The van der Waals surface area contributed by atoms with E-state index in [1.807, 2.05) is 104 Å². The van der Waals surface area contributed by atoms with Crippen LogP contribution in [0.3, 0.4) is 0 Å². The van der Waals surface area contributed by atoms with Gasteiger partial charge in [0.2, 0.25) is 0 Å². The number of hydrogen-bond donors (Lipinski definition) is 0. The summed E-state index contributed by atoms with van der Waals surface area (Å²) in [5.74, 6) is 0. The molecule has 0 amide bonds. The summed E-state index contributed by atoms with van der Waals surface area (Å²) in [5.41, 5.74) is 7.32. The van der Waals surface area contributed by atoms with Gasteiger partial charge in [0.1, 0.15) is 0 Å². The van der Waals surface area contributed by atoms with Crippen LogP contribution in [0, 0.1) is 41.7 Å². The predicted octanol–water partition coefficient (Wildman–Crippen LogP) is 6.81. The Bertz CT molecular complexity index is 1470. The second-order valence-electron chi connectivity index (χ2n) is 7.63. The molecule has 2 aromatic heterocycles. The van der Waals surface area contributed by atoms with Crippen LogP contribution in [-0.2, 0) is 20.1 Å². The van der Waals surface area contributed by atoms with Crippen LogP contribution >= 0.6 is 0 Å². The number of hydrogen-bond acceptors (Lipinski definition) is 4. The van der Waals surface area contributed by atoms with Gasteiger partial charge in [0.05, 0.1) is 6.07 Å². The number of nitriles is 2. The summed E-state index contributed by atoms with van der Waals surface area (Å²) in [6.45, 7) is 2.03. The number of rotatable bonds is 3. The second-order valence-corrected chi connectivity index (χ2v) is 7.63. The molecule has 2 heterocycles. The van der Waals surface area contributed by atoms with Gasteiger partial charge in [0.25, 0.3) is 0 Å². The van der Waals surface area contributed by atoms with Crippen molar-refractivity contribution in [3.05, 3.63) is 132 Å². The number of nitrogens with zero attached hydrogens (tertiary/aromatic N) is 4. The Morgan fingerprint density at radius 3 is 2.17 bits per heavy atom. The normalized spacial score (nSPS) is 9.53.